The summed E-state index contributed by atoms with van der Waals surface area (Å²) in [4.78, 5) is 2.04. The Hall–Kier alpha value is -1.22. The molecule has 3 nitrogen and oxygen atoms in total. The zero-order chi connectivity index (χ0) is 10.6. The molecule has 1 rings (SSSR count). The van der Waals surface area contributed by atoms with Gasteiger partial charge in [-0.25, -0.2) is 0 Å². The van der Waals surface area contributed by atoms with Gasteiger partial charge in [0.25, 0.3) is 0 Å². The third kappa shape index (κ3) is 2.92. The van der Waals surface area contributed by atoms with Crippen molar-refractivity contribution in [2.45, 2.75) is 13.0 Å². The second kappa shape index (κ2) is 4.86. The van der Waals surface area contributed by atoms with E-state index >= 15 is 0 Å². The first-order valence-electron chi connectivity index (χ1n) is 4.77. The van der Waals surface area contributed by atoms with Crippen molar-refractivity contribution in [2.75, 3.05) is 25.5 Å². The van der Waals surface area contributed by atoms with E-state index < -0.39 is 0 Å². The van der Waals surface area contributed by atoms with Gasteiger partial charge in [0.1, 0.15) is 11.9 Å². The lowest BCUT2D eigenvalue weighted by Crippen LogP contribution is -2.22. The molecule has 0 spiro atoms. The topological polar surface area (TPSA) is 38.5 Å². The molecular formula is C11H18N2O. The van der Waals surface area contributed by atoms with Crippen LogP contribution in [0, 0.1) is 0 Å². The fourth-order valence-electron chi connectivity index (χ4n) is 1.12. The minimum absolute atomic E-state index is 0.0624. The molecule has 0 unspecified atom stereocenters. The fourth-order valence-corrected chi connectivity index (χ4v) is 1.12. The number of hydrogen-bond acceptors (Lipinski definition) is 3. The molecule has 3 heteroatoms. The molecule has 0 aliphatic rings. The molecule has 0 heterocycles. The minimum Gasteiger partial charge on any atom is -0.489 e. The maximum absolute atomic E-state index is 5.60. The number of benzene rings is 1. The van der Waals surface area contributed by atoms with E-state index in [4.69, 9.17) is 10.5 Å². The largest absolute Gasteiger partial charge is 0.489 e. The normalized spacial score (nSPS) is 12.3. The van der Waals surface area contributed by atoms with Crippen LogP contribution in [0.1, 0.15) is 6.92 Å². The molecule has 0 saturated heterocycles. The Bertz CT molecular complexity index is 286. The third-order valence-electron chi connectivity index (χ3n) is 2.00. The zero-order valence-corrected chi connectivity index (χ0v) is 9.03. The van der Waals surface area contributed by atoms with Gasteiger partial charge in [0.15, 0.2) is 0 Å². The summed E-state index contributed by atoms with van der Waals surface area (Å²) in [7, 11) is 4.01. The Morgan fingerprint density at radius 1 is 1.43 bits per heavy atom. The highest BCUT2D eigenvalue weighted by molar-refractivity contribution is 5.49. The smallest absolute Gasteiger partial charge is 0.121 e. The summed E-state index contributed by atoms with van der Waals surface area (Å²) >= 11 is 0. The summed E-state index contributed by atoms with van der Waals surface area (Å²) in [5, 5.41) is 0. The SMILES string of the molecule is C[C@H](CN)Oc1cccc(N(C)C)c1. The molecule has 1 aromatic rings. The lowest BCUT2D eigenvalue weighted by Gasteiger charge is -2.16. The summed E-state index contributed by atoms with van der Waals surface area (Å²) in [5.74, 6) is 0.870. The van der Waals surface area contributed by atoms with Crippen LogP contribution >= 0.6 is 0 Å². The number of nitrogens with two attached hydrogens (primary N) is 1. The van der Waals surface area contributed by atoms with Crippen LogP contribution in [0.3, 0.4) is 0 Å². The maximum atomic E-state index is 5.60. The summed E-state index contributed by atoms with van der Waals surface area (Å²) in [6.07, 6.45) is 0.0624. The van der Waals surface area contributed by atoms with Gasteiger partial charge in [0, 0.05) is 32.4 Å². The monoisotopic (exact) mass is 194 g/mol. The van der Waals surface area contributed by atoms with Crippen LogP contribution in [-0.4, -0.2) is 26.7 Å². The molecule has 1 aromatic carbocycles. The molecule has 0 aliphatic heterocycles. The van der Waals surface area contributed by atoms with Gasteiger partial charge < -0.3 is 15.4 Å². The Kier molecular flexibility index (Phi) is 3.77. The van der Waals surface area contributed by atoms with E-state index in [1.165, 1.54) is 0 Å². The summed E-state index contributed by atoms with van der Waals surface area (Å²) in [6, 6.07) is 7.97. The van der Waals surface area contributed by atoms with Crippen molar-refractivity contribution in [3.05, 3.63) is 24.3 Å². The molecule has 2 N–H and O–H groups in total. The van der Waals surface area contributed by atoms with E-state index in [-0.39, 0.29) is 6.10 Å². The van der Waals surface area contributed by atoms with E-state index in [1.54, 1.807) is 0 Å². The van der Waals surface area contributed by atoms with Gasteiger partial charge >= 0.3 is 0 Å². The van der Waals surface area contributed by atoms with Gasteiger partial charge in [0.05, 0.1) is 0 Å². The van der Waals surface area contributed by atoms with Crippen molar-refractivity contribution in [1.82, 2.24) is 0 Å². The molecule has 14 heavy (non-hydrogen) atoms. The lowest BCUT2D eigenvalue weighted by atomic mass is 10.3. The van der Waals surface area contributed by atoms with Crippen LogP contribution in [-0.2, 0) is 0 Å². The Morgan fingerprint density at radius 2 is 2.14 bits per heavy atom. The first kappa shape index (κ1) is 10.9. The minimum atomic E-state index is 0.0624. The zero-order valence-electron chi connectivity index (χ0n) is 9.03. The second-order valence-corrected chi connectivity index (χ2v) is 3.56. The number of rotatable bonds is 4. The van der Waals surface area contributed by atoms with E-state index in [9.17, 15) is 0 Å². The van der Waals surface area contributed by atoms with E-state index in [1.807, 2.05) is 50.2 Å². The summed E-state index contributed by atoms with van der Waals surface area (Å²) in [6.45, 7) is 2.49. The maximum Gasteiger partial charge on any atom is 0.121 e. The van der Waals surface area contributed by atoms with Gasteiger partial charge in [-0.1, -0.05) is 6.07 Å². The van der Waals surface area contributed by atoms with E-state index in [0.29, 0.717) is 6.54 Å². The van der Waals surface area contributed by atoms with Crippen LogP contribution in [0.15, 0.2) is 24.3 Å². The Morgan fingerprint density at radius 3 is 2.71 bits per heavy atom. The highest BCUT2D eigenvalue weighted by atomic mass is 16.5. The van der Waals surface area contributed by atoms with Crippen LogP contribution in [0.2, 0.25) is 0 Å². The molecule has 0 amide bonds. The van der Waals surface area contributed by atoms with E-state index in [0.717, 1.165) is 11.4 Å². The van der Waals surface area contributed by atoms with Crippen molar-refractivity contribution < 1.29 is 4.74 Å². The van der Waals surface area contributed by atoms with Gasteiger partial charge in [0.2, 0.25) is 0 Å². The van der Waals surface area contributed by atoms with Crippen molar-refractivity contribution in [3.63, 3.8) is 0 Å². The molecule has 1 atom stereocenters. The van der Waals surface area contributed by atoms with Gasteiger partial charge in [-0.2, -0.15) is 0 Å². The molecule has 0 saturated carbocycles. The fraction of sp³-hybridized carbons (Fsp3) is 0.455. The third-order valence-corrected chi connectivity index (χ3v) is 2.00. The van der Waals surface area contributed by atoms with Crippen molar-refractivity contribution in [3.8, 4) is 5.75 Å². The molecule has 0 radical (unpaired) electrons. The van der Waals surface area contributed by atoms with Crippen molar-refractivity contribution in [1.29, 1.82) is 0 Å². The van der Waals surface area contributed by atoms with Crippen LogP contribution in [0.4, 0.5) is 5.69 Å². The summed E-state index contributed by atoms with van der Waals surface area (Å²) in [5.41, 5.74) is 6.61. The highest BCUT2D eigenvalue weighted by Crippen LogP contribution is 2.19. The van der Waals surface area contributed by atoms with E-state index in [2.05, 4.69) is 0 Å². The van der Waals surface area contributed by atoms with Gasteiger partial charge in [-0.3, -0.25) is 0 Å². The molecular weight excluding hydrogens is 176 g/mol. The number of ether oxygens (including phenoxy) is 1. The molecule has 0 aliphatic carbocycles. The molecule has 78 valence electrons. The number of anilines is 1. The lowest BCUT2D eigenvalue weighted by molar-refractivity contribution is 0.230. The van der Waals surface area contributed by atoms with Crippen LogP contribution in [0.5, 0.6) is 5.75 Å². The van der Waals surface area contributed by atoms with Crippen LogP contribution < -0.4 is 15.4 Å². The Balaban J connectivity index is 2.73. The molecule has 0 aromatic heterocycles. The quantitative estimate of drug-likeness (QED) is 0.789. The molecule has 0 fully saturated rings. The predicted octanol–water partition coefficient (Wildman–Crippen LogP) is 1.48. The summed E-state index contributed by atoms with van der Waals surface area (Å²) < 4.78 is 5.60. The first-order valence-corrected chi connectivity index (χ1v) is 4.77. The van der Waals surface area contributed by atoms with Gasteiger partial charge in [-0.05, 0) is 19.1 Å². The highest BCUT2D eigenvalue weighted by Gasteiger charge is 2.02. The number of nitrogens with zero attached hydrogens (tertiary/aromatic N) is 1. The van der Waals surface area contributed by atoms with Gasteiger partial charge in [-0.15, -0.1) is 0 Å². The predicted molar refractivity (Wildman–Crippen MR) is 59.9 cm³/mol. The van der Waals surface area contributed by atoms with Crippen LogP contribution in [0.25, 0.3) is 0 Å². The first-order chi connectivity index (χ1) is 6.63. The van der Waals surface area contributed by atoms with Crippen molar-refractivity contribution >= 4 is 5.69 Å². The average Bonchev–Trinajstić information content (AvgIpc) is 2.18. The molecule has 0 bridgehead atoms. The average molecular weight is 194 g/mol. The second-order valence-electron chi connectivity index (χ2n) is 3.56. The standard InChI is InChI=1S/C11H18N2O/c1-9(8-12)14-11-6-4-5-10(7-11)13(2)3/h4-7,9H,8,12H2,1-3H3/t9-/m1/s1. The van der Waals surface area contributed by atoms with Crippen molar-refractivity contribution in [2.24, 2.45) is 5.73 Å². The Labute approximate surface area is 85.5 Å². The number of hydrogen-bond donors (Lipinski definition) is 1.